The molecule has 5 rings (SSSR count). The lowest BCUT2D eigenvalue weighted by molar-refractivity contribution is -0.151. The first kappa shape index (κ1) is 23.5. The number of hydrogen-bond donors (Lipinski definition) is 0. The molecule has 0 amide bonds. The first-order valence-corrected chi connectivity index (χ1v) is 12.8. The van der Waals surface area contributed by atoms with Crippen LogP contribution in [0.2, 0.25) is 0 Å². The second kappa shape index (κ2) is 8.75. The van der Waals surface area contributed by atoms with E-state index >= 15 is 0 Å². The quantitative estimate of drug-likeness (QED) is 0.398. The summed E-state index contributed by atoms with van der Waals surface area (Å²) in [5.74, 6) is 0.769. The Labute approximate surface area is 203 Å². The molecule has 0 aliphatic heterocycles. The van der Waals surface area contributed by atoms with E-state index < -0.39 is 0 Å². The van der Waals surface area contributed by atoms with Crippen molar-refractivity contribution >= 4 is 11.5 Å². The predicted molar refractivity (Wildman–Crippen MR) is 132 cm³/mol. The van der Waals surface area contributed by atoms with Gasteiger partial charge in [-0.1, -0.05) is 43.2 Å². The lowest BCUT2D eigenvalue weighted by Crippen LogP contribution is -2.47. The molecular weight excluding hydrogens is 427 g/mol. The Morgan fingerprint density at radius 2 is 2.03 bits per heavy atom. The van der Waals surface area contributed by atoms with Gasteiger partial charge in [0.15, 0.2) is 0 Å². The van der Waals surface area contributed by atoms with Crippen LogP contribution in [0.5, 0.6) is 0 Å². The van der Waals surface area contributed by atoms with Crippen molar-refractivity contribution < 1.29 is 13.9 Å². The molecule has 0 N–H and O–H groups in total. The smallest absolute Gasteiger partial charge is 0.307 e. The minimum absolute atomic E-state index is 0.0128. The Morgan fingerprint density at radius 1 is 1.21 bits per heavy atom. The van der Waals surface area contributed by atoms with Gasteiger partial charge in [-0.2, -0.15) is 0 Å². The zero-order valence-corrected chi connectivity index (χ0v) is 20.9. The van der Waals surface area contributed by atoms with Crippen LogP contribution in [0.1, 0.15) is 64.4 Å². The summed E-state index contributed by atoms with van der Waals surface area (Å²) in [7, 11) is 3.95. The molecule has 5 heteroatoms. The second-order valence-electron chi connectivity index (χ2n) is 11.5. The van der Waals surface area contributed by atoms with E-state index in [1.807, 2.05) is 19.0 Å². The van der Waals surface area contributed by atoms with Crippen LogP contribution >= 0.6 is 0 Å². The molecule has 0 saturated heterocycles. The van der Waals surface area contributed by atoms with E-state index in [1.54, 1.807) is 12.3 Å². The highest BCUT2D eigenvalue weighted by molar-refractivity contribution is 5.78. The minimum atomic E-state index is -0.277. The van der Waals surface area contributed by atoms with Crippen molar-refractivity contribution in [3.63, 3.8) is 0 Å². The van der Waals surface area contributed by atoms with Gasteiger partial charge in [0.25, 0.3) is 0 Å². The Kier molecular flexibility index (Phi) is 6.04. The van der Waals surface area contributed by atoms with Gasteiger partial charge in [-0.3, -0.25) is 9.78 Å². The van der Waals surface area contributed by atoms with Crippen molar-refractivity contribution in [1.82, 2.24) is 9.88 Å². The molecule has 4 nitrogen and oxygen atoms in total. The highest BCUT2D eigenvalue weighted by Gasteiger charge is 2.54. The maximum Gasteiger partial charge on any atom is 0.307 e. The third kappa shape index (κ3) is 3.96. The van der Waals surface area contributed by atoms with E-state index in [4.69, 9.17) is 4.74 Å². The molecule has 0 aromatic carbocycles. The SMILES string of the molecule is CN(C)CCC(=O)O[C@H]1CC[C@@]2(C)C(=CC[C@H]3C4=CC=C(c5cncc(F)c5)[C@@]4(C)CC[C@@H]32)C1. The van der Waals surface area contributed by atoms with Crippen molar-refractivity contribution in [3.05, 3.63) is 59.2 Å². The van der Waals surface area contributed by atoms with Crippen LogP contribution in [0.25, 0.3) is 5.57 Å². The van der Waals surface area contributed by atoms with Gasteiger partial charge in [0.2, 0.25) is 0 Å². The molecule has 0 radical (unpaired) electrons. The summed E-state index contributed by atoms with van der Waals surface area (Å²) < 4.78 is 19.8. The summed E-state index contributed by atoms with van der Waals surface area (Å²) >= 11 is 0. The van der Waals surface area contributed by atoms with Crippen LogP contribution in [0, 0.1) is 28.5 Å². The third-order valence-electron chi connectivity index (χ3n) is 9.18. The van der Waals surface area contributed by atoms with E-state index in [1.165, 1.54) is 29.3 Å². The van der Waals surface area contributed by atoms with Gasteiger partial charge in [0.05, 0.1) is 12.6 Å². The summed E-state index contributed by atoms with van der Waals surface area (Å²) in [6.45, 7) is 5.51. The molecule has 2 fully saturated rings. The standard InChI is InChI=1S/C29H37FN2O2/c1-28-12-9-22(34-27(33)11-14-32(3)4)16-20(28)5-6-23-25-8-7-24(19-15-21(30)18-31-17-19)29(25,2)13-10-26(23)28/h5,7-8,15,17-18,22-23,26H,6,9-14,16H2,1-4H3/t22-,23-,26-,28-,29+/m0/s1. The third-order valence-corrected chi connectivity index (χ3v) is 9.18. The van der Waals surface area contributed by atoms with Crippen molar-refractivity contribution in [2.75, 3.05) is 20.6 Å². The van der Waals surface area contributed by atoms with Gasteiger partial charge >= 0.3 is 5.97 Å². The van der Waals surface area contributed by atoms with Crippen molar-refractivity contribution in [1.29, 1.82) is 0 Å². The highest BCUT2D eigenvalue weighted by atomic mass is 19.1. The number of carbonyl (C=O) groups is 1. The first-order chi connectivity index (χ1) is 16.2. The molecule has 0 spiro atoms. The zero-order valence-electron chi connectivity index (χ0n) is 20.9. The van der Waals surface area contributed by atoms with Crippen LogP contribution in [-0.2, 0) is 9.53 Å². The zero-order chi connectivity index (χ0) is 24.1. The Balaban J connectivity index is 1.32. The molecule has 0 unspecified atom stereocenters. The lowest BCUT2D eigenvalue weighted by atomic mass is 9.49. The average molecular weight is 465 g/mol. The van der Waals surface area contributed by atoms with Gasteiger partial charge in [-0.25, -0.2) is 4.39 Å². The van der Waals surface area contributed by atoms with Gasteiger partial charge in [-0.15, -0.1) is 0 Å². The van der Waals surface area contributed by atoms with Crippen molar-refractivity contribution in [2.24, 2.45) is 22.7 Å². The van der Waals surface area contributed by atoms with Crippen LogP contribution < -0.4 is 0 Å². The van der Waals surface area contributed by atoms with Crippen LogP contribution in [0.4, 0.5) is 4.39 Å². The fourth-order valence-electron chi connectivity index (χ4n) is 7.27. The summed E-state index contributed by atoms with van der Waals surface area (Å²) in [6.07, 6.45) is 16.7. The number of aromatic nitrogens is 1. The maximum absolute atomic E-state index is 13.9. The molecule has 1 heterocycles. The maximum atomic E-state index is 13.9. The summed E-state index contributed by atoms with van der Waals surface area (Å²) in [6, 6.07) is 1.62. The molecule has 4 aliphatic rings. The molecule has 182 valence electrons. The van der Waals surface area contributed by atoms with Crippen LogP contribution in [0.15, 0.2) is 47.8 Å². The molecular formula is C29H37FN2O2. The van der Waals surface area contributed by atoms with E-state index in [2.05, 4.69) is 37.1 Å². The number of pyridine rings is 1. The molecule has 5 atom stereocenters. The number of nitrogens with zero attached hydrogens (tertiary/aromatic N) is 2. The van der Waals surface area contributed by atoms with Gasteiger partial charge in [-0.05, 0) is 80.7 Å². The molecule has 1 aromatic rings. The largest absolute Gasteiger partial charge is 0.462 e. The Bertz CT molecular complexity index is 1070. The highest BCUT2D eigenvalue weighted by Crippen LogP contribution is 2.64. The minimum Gasteiger partial charge on any atom is -0.462 e. The summed E-state index contributed by atoms with van der Waals surface area (Å²) in [5, 5.41) is 0. The fraction of sp³-hybridized carbons (Fsp3) is 0.586. The Morgan fingerprint density at radius 3 is 2.79 bits per heavy atom. The van der Waals surface area contributed by atoms with Crippen molar-refractivity contribution in [2.45, 2.75) is 64.9 Å². The fourth-order valence-corrected chi connectivity index (χ4v) is 7.27. The number of halogens is 1. The van der Waals surface area contributed by atoms with Gasteiger partial charge in [0, 0.05) is 24.6 Å². The van der Waals surface area contributed by atoms with E-state index in [-0.39, 0.29) is 28.7 Å². The number of carbonyl (C=O) groups excluding carboxylic acids is 1. The van der Waals surface area contributed by atoms with E-state index in [0.29, 0.717) is 18.3 Å². The number of fused-ring (bicyclic) bond motifs is 5. The first-order valence-electron chi connectivity index (χ1n) is 12.8. The molecule has 2 saturated carbocycles. The Hall–Kier alpha value is -2.27. The monoisotopic (exact) mass is 464 g/mol. The lowest BCUT2D eigenvalue weighted by Gasteiger charge is -2.56. The topological polar surface area (TPSA) is 42.4 Å². The summed E-state index contributed by atoms with van der Waals surface area (Å²) in [5.41, 5.74) is 5.24. The number of allylic oxidation sites excluding steroid dienone is 5. The van der Waals surface area contributed by atoms with E-state index in [9.17, 15) is 9.18 Å². The number of esters is 1. The molecule has 4 aliphatic carbocycles. The predicted octanol–water partition coefficient (Wildman–Crippen LogP) is 5.96. The number of rotatable bonds is 5. The van der Waals surface area contributed by atoms with E-state index in [0.717, 1.165) is 44.2 Å². The molecule has 34 heavy (non-hydrogen) atoms. The number of ether oxygens (including phenoxy) is 1. The van der Waals surface area contributed by atoms with Gasteiger partial charge < -0.3 is 9.64 Å². The molecule has 1 aromatic heterocycles. The van der Waals surface area contributed by atoms with Crippen molar-refractivity contribution in [3.8, 4) is 0 Å². The van der Waals surface area contributed by atoms with Crippen LogP contribution in [-0.4, -0.2) is 42.6 Å². The average Bonchev–Trinajstić information content (AvgIpc) is 3.15. The second-order valence-corrected chi connectivity index (χ2v) is 11.5. The number of hydrogen-bond acceptors (Lipinski definition) is 4. The molecule has 0 bridgehead atoms. The van der Waals surface area contributed by atoms with Gasteiger partial charge in [0.1, 0.15) is 11.9 Å². The normalized spacial score (nSPS) is 34.4. The summed E-state index contributed by atoms with van der Waals surface area (Å²) in [4.78, 5) is 18.4. The van der Waals surface area contributed by atoms with Crippen LogP contribution in [0.3, 0.4) is 0 Å².